The molecule has 2 aromatic rings. The Morgan fingerprint density at radius 2 is 1.85 bits per heavy atom. The molecular formula is C22H26ClF2N5O4. The minimum absolute atomic E-state index is 0.00543. The van der Waals surface area contributed by atoms with E-state index in [0.29, 0.717) is 32.3 Å². The van der Waals surface area contributed by atoms with Crippen molar-refractivity contribution in [3.05, 3.63) is 46.5 Å². The van der Waals surface area contributed by atoms with Crippen LogP contribution in [0.5, 0.6) is 0 Å². The molecule has 1 unspecified atom stereocenters. The Kier molecular flexibility index (Phi) is 8.56. The molecule has 9 nitrogen and oxygen atoms in total. The summed E-state index contributed by atoms with van der Waals surface area (Å²) in [6.07, 6.45) is 3.27. The van der Waals surface area contributed by atoms with E-state index in [2.05, 4.69) is 25.9 Å². The minimum atomic E-state index is -1.11. The van der Waals surface area contributed by atoms with Crippen LogP contribution in [0.15, 0.2) is 18.5 Å². The van der Waals surface area contributed by atoms with Gasteiger partial charge in [-0.15, -0.1) is 0 Å². The monoisotopic (exact) mass is 497 g/mol. The van der Waals surface area contributed by atoms with Gasteiger partial charge in [0, 0.05) is 31.2 Å². The summed E-state index contributed by atoms with van der Waals surface area (Å²) in [5.41, 5.74) is 0.0396. The molecule has 4 N–H and O–H groups in total. The number of hydrogen-bond acceptors (Lipinski definition) is 5. The van der Waals surface area contributed by atoms with Crippen LogP contribution < -0.4 is 16.0 Å². The van der Waals surface area contributed by atoms with Crippen LogP contribution in [-0.2, 0) is 9.53 Å². The first-order valence-corrected chi connectivity index (χ1v) is 11.2. The van der Waals surface area contributed by atoms with Gasteiger partial charge >= 0.3 is 0 Å². The zero-order valence-electron chi connectivity index (χ0n) is 18.7. The molecule has 0 bridgehead atoms. The summed E-state index contributed by atoms with van der Waals surface area (Å²) >= 11 is 5.88. The number of amides is 3. The van der Waals surface area contributed by atoms with E-state index < -0.39 is 23.4 Å². The average molecular weight is 498 g/mol. The Hall–Kier alpha value is -3.05. The topological polar surface area (TPSA) is 125 Å². The van der Waals surface area contributed by atoms with Gasteiger partial charge in [0.25, 0.3) is 11.8 Å². The lowest BCUT2D eigenvalue weighted by Gasteiger charge is -2.28. The van der Waals surface area contributed by atoms with E-state index in [4.69, 9.17) is 16.3 Å². The number of aromatic nitrogens is 2. The number of anilines is 1. The fourth-order valence-electron chi connectivity index (χ4n) is 3.83. The number of methoxy groups -OCH3 is 1. The van der Waals surface area contributed by atoms with Crippen molar-refractivity contribution in [2.75, 3.05) is 19.0 Å². The van der Waals surface area contributed by atoms with Gasteiger partial charge in [-0.25, -0.2) is 13.8 Å². The first-order chi connectivity index (χ1) is 16.2. The molecule has 3 amide bonds. The summed E-state index contributed by atoms with van der Waals surface area (Å²) < 4.78 is 31.7. The van der Waals surface area contributed by atoms with Crippen molar-refractivity contribution in [1.82, 2.24) is 20.6 Å². The van der Waals surface area contributed by atoms with Gasteiger partial charge in [-0.2, -0.15) is 0 Å². The van der Waals surface area contributed by atoms with Gasteiger partial charge in [0.05, 0.1) is 23.6 Å². The third-order valence-electron chi connectivity index (χ3n) is 5.58. The second-order valence-electron chi connectivity index (χ2n) is 8.21. The smallest absolute Gasteiger partial charge is 0.272 e. The highest BCUT2D eigenvalue weighted by molar-refractivity contribution is 6.33. The molecule has 0 radical (unpaired) electrons. The van der Waals surface area contributed by atoms with Crippen LogP contribution in [0.4, 0.5) is 14.5 Å². The molecule has 1 aromatic heterocycles. The second-order valence-corrected chi connectivity index (χ2v) is 8.62. The van der Waals surface area contributed by atoms with E-state index in [0.717, 1.165) is 12.1 Å². The van der Waals surface area contributed by atoms with Gasteiger partial charge in [-0.05, 0) is 38.7 Å². The van der Waals surface area contributed by atoms with Crippen molar-refractivity contribution in [2.24, 2.45) is 5.92 Å². The number of rotatable bonds is 8. The maximum atomic E-state index is 13.5. The van der Waals surface area contributed by atoms with Crippen LogP contribution in [0.3, 0.4) is 0 Å². The third-order valence-corrected chi connectivity index (χ3v) is 5.89. The number of nitrogens with zero attached hydrogens (tertiary/aromatic N) is 1. The van der Waals surface area contributed by atoms with Gasteiger partial charge in [-0.3, -0.25) is 14.4 Å². The van der Waals surface area contributed by atoms with Crippen molar-refractivity contribution in [3.63, 3.8) is 0 Å². The lowest BCUT2D eigenvalue weighted by molar-refractivity contribution is -0.120. The highest BCUT2D eigenvalue weighted by Gasteiger charge is 2.29. The van der Waals surface area contributed by atoms with Gasteiger partial charge in [0.1, 0.15) is 5.69 Å². The molecule has 3 rings (SSSR count). The van der Waals surface area contributed by atoms with E-state index >= 15 is 0 Å². The molecule has 1 aromatic carbocycles. The van der Waals surface area contributed by atoms with Crippen molar-refractivity contribution < 1.29 is 27.9 Å². The van der Waals surface area contributed by atoms with Crippen LogP contribution in [0.2, 0.25) is 5.02 Å². The zero-order valence-corrected chi connectivity index (χ0v) is 19.5. The minimum Gasteiger partial charge on any atom is -0.383 e. The first-order valence-electron chi connectivity index (χ1n) is 10.8. The van der Waals surface area contributed by atoms with Gasteiger partial charge < -0.3 is 25.7 Å². The van der Waals surface area contributed by atoms with Crippen LogP contribution in [0, 0.1) is 17.6 Å². The number of hydrogen-bond donors (Lipinski definition) is 4. The molecule has 12 heteroatoms. The molecule has 1 atom stereocenters. The fourth-order valence-corrected chi connectivity index (χ4v) is 4.03. The summed E-state index contributed by atoms with van der Waals surface area (Å²) in [4.78, 5) is 44.3. The van der Waals surface area contributed by atoms with Crippen molar-refractivity contribution in [1.29, 1.82) is 0 Å². The summed E-state index contributed by atoms with van der Waals surface area (Å²) in [6.45, 7) is 2.08. The van der Waals surface area contributed by atoms with Crippen LogP contribution in [-0.4, -0.2) is 53.5 Å². The van der Waals surface area contributed by atoms with E-state index in [-0.39, 0.29) is 46.0 Å². The van der Waals surface area contributed by atoms with E-state index in [1.165, 1.54) is 13.4 Å². The van der Waals surface area contributed by atoms with Crippen molar-refractivity contribution in [3.8, 4) is 0 Å². The number of halogens is 3. The summed E-state index contributed by atoms with van der Waals surface area (Å²) in [7, 11) is 1.52. The number of carbonyl (C=O) groups excluding carboxylic acids is 3. The number of ether oxygens (including phenoxy) is 1. The standard InChI is InChI=1S/C22H26ClF2N5O4/c1-11(9-34-2)28-21(32)18-19(27-10-26-18)22(33)29-13-5-3-12(4-6-13)20(31)30-17-8-16(25)15(24)7-14(17)23/h7-8,10-13H,3-6,9H2,1-2H3,(H,26,27)(H,28,32)(H,29,33)(H,30,31)/t11?,12-,13-. The molecule has 0 saturated heterocycles. The van der Waals surface area contributed by atoms with Crippen LogP contribution in [0.1, 0.15) is 53.6 Å². The Balaban J connectivity index is 1.52. The van der Waals surface area contributed by atoms with Crippen LogP contribution in [0.25, 0.3) is 0 Å². The van der Waals surface area contributed by atoms with E-state index in [1.807, 2.05) is 0 Å². The second kappa shape index (κ2) is 11.4. The zero-order chi connectivity index (χ0) is 24.8. The van der Waals surface area contributed by atoms with Crippen molar-refractivity contribution >= 4 is 35.0 Å². The highest BCUT2D eigenvalue weighted by atomic mass is 35.5. The normalized spacial score (nSPS) is 18.7. The fraction of sp³-hybridized carbons (Fsp3) is 0.455. The molecule has 1 saturated carbocycles. The van der Waals surface area contributed by atoms with E-state index in [1.54, 1.807) is 6.92 Å². The third kappa shape index (κ3) is 6.29. The Labute approximate surface area is 200 Å². The van der Waals surface area contributed by atoms with Crippen molar-refractivity contribution in [2.45, 2.75) is 44.7 Å². The largest absolute Gasteiger partial charge is 0.383 e. The quantitative estimate of drug-likeness (QED) is 0.417. The molecule has 0 aliphatic heterocycles. The molecule has 0 spiro atoms. The summed E-state index contributed by atoms with van der Waals surface area (Å²) in [5, 5.41) is 8.02. The lowest BCUT2D eigenvalue weighted by Crippen LogP contribution is -2.41. The maximum Gasteiger partial charge on any atom is 0.272 e. The lowest BCUT2D eigenvalue weighted by atomic mass is 9.85. The number of carbonyl (C=O) groups is 3. The number of H-pyrrole nitrogens is 1. The van der Waals surface area contributed by atoms with Gasteiger partial charge in [0.15, 0.2) is 17.3 Å². The highest BCUT2D eigenvalue weighted by Crippen LogP contribution is 2.29. The molecule has 1 aliphatic rings. The van der Waals surface area contributed by atoms with Crippen LogP contribution >= 0.6 is 11.6 Å². The Morgan fingerprint density at radius 3 is 2.53 bits per heavy atom. The number of aromatic amines is 1. The Morgan fingerprint density at radius 1 is 1.18 bits per heavy atom. The predicted octanol–water partition coefficient (Wildman–Crippen LogP) is 3.03. The number of benzene rings is 1. The summed E-state index contributed by atoms with van der Waals surface area (Å²) in [5.74, 6) is -3.88. The number of nitrogens with one attached hydrogen (secondary N) is 4. The van der Waals surface area contributed by atoms with Gasteiger partial charge in [0.2, 0.25) is 5.91 Å². The molecule has 1 aliphatic carbocycles. The van der Waals surface area contributed by atoms with E-state index in [9.17, 15) is 23.2 Å². The molecule has 1 heterocycles. The summed E-state index contributed by atoms with van der Waals surface area (Å²) in [6, 6.07) is 1.19. The molecular weight excluding hydrogens is 472 g/mol. The average Bonchev–Trinajstić information content (AvgIpc) is 3.28. The maximum absolute atomic E-state index is 13.5. The molecule has 34 heavy (non-hydrogen) atoms. The Bertz CT molecular complexity index is 1060. The number of imidazole rings is 1. The molecule has 1 fully saturated rings. The van der Waals surface area contributed by atoms with Gasteiger partial charge in [-0.1, -0.05) is 11.6 Å². The SMILES string of the molecule is COCC(C)NC(=O)c1nc[nH]c1C(=O)N[C@H]1CC[C@H](C(=O)Nc2cc(F)c(F)cc2Cl)CC1. The first kappa shape index (κ1) is 25.6. The molecule has 184 valence electrons. The predicted molar refractivity (Wildman–Crippen MR) is 121 cm³/mol.